The molecule has 9 heteroatoms. The smallest absolute Gasteiger partial charge is 0.254 e. The van der Waals surface area contributed by atoms with Crippen LogP contribution in [0.15, 0.2) is 24.5 Å². The Morgan fingerprint density at radius 3 is 2.69 bits per heavy atom. The molecule has 5 rings (SSSR count). The highest BCUT2D eigenvalue weighted by Gasteiger charge is 2.45. The van der Waals surface area contributed by atoms with Gasteiger partial charge in [0.2, 0.25) is 0 Å². The quantitative estimate of drug-likeness (QED) is 0.661. The highest BCUT2D eigenvalue weighted by molar-refractivity contribution is 6.00. The number of Topliss-reactive ketones (excluding diaryl/α,β-unsaturated/α-hetero) is 1. The summed E-state index contributed by atoms with van der Waals surface area (Å²) in [5.41, 5.74) is 0.886. The van der Waals surface area contributed by atoms with Crippen molar-refractivity contribution in [3.63, 3.8) is 0 Å². The molecule has 1 N–H and O–H groups in total. The SMILES string of the molecule is COc1cc(C(=O)N2CCC3(CC2)CC(=O)c2nn(C(C)(C)C)cc2O3)cc2[nH]ncc12. The van der Waals surface area contributed by atoms with Gasteiger partial charge in [-0.1, -0.05) is 0 Å². The molecule has 1 fully saturated rings. The van der Waals surface area contributed by atoms with Gasteiger partial charge in [0.25, 0.3) is 5.91 Å². The van der Waals surface area contributed by atoms with Gasteiger partial charge in [-0.2, -0.15) is 10.2 Å². The molecule has 0 unspecified atom stereocenters. The third-order valence-electron chi connectivity index (χ3n) is 6.39. The fraction of sp³-hybridized carbons (Fsp3) is 0.478. The molecule has 1 amide bonds. The van der Waals surface area contributed by atoms with Crippen molar-refractivity contribution in [2.45, 2.75) is 51.2 Å². The maximum atomic E-state index is 13.2. The second-order valence-corrected chi connectivity index (χ2v) is 9.64. The number of nitrogens with one attached hydrogen (secondary N) is 1. The van der Waals surface area contributed by atoms with Crippen LogP contribution in [0.4, 0.5) is 0 Å². The molecule has 0 atom stereocenters. The zero-order valence-corrected chi connectivity index (χ0v) is 18.8. The molecule has 9 nitrogen and oxygen atoms in total. The van der Waals surface area contributed by atoms with Crippen molar-refractivity contribution in [1.82, 2.24) is 24.9 Å². The number of H-pyrrole nitrogens is 1. The summed E-state index contributed by atoms with van der Waals surface area (Å²) in [6.07, 6.45) is 4.97. The van der Waals surface area contributed by atoms with Crippen LogP contribution in [0.1, 0.15) is 60.9 Å². The van der Waals surface area contributed by atoms with Crippen molar-refractivity contribution >= 4 is 22.6 Å². The number of ketones is 1. The highest BCUT2D eigenvalue weighted by Crippen LogP contribution is 2.40. The standard InChI is InChI=1S/C23H27N5O4/c1-22(2,3)28-13-19-20(26-28)17(29)11-23(32-19)5-7-27(8-6-23)21(30)14-9-16-15(12-24-25-16)18(10-14)31-4/h9-10,12-13H,5-8,11H2,1-4H3,(H,24,25). The summed E-state index contributed by atoms with van der Waals surface area (Å²) in [6.45, 7) is 7.12. The number of benzene rings is 1. The Kier molecular flexibility index (Phi) is 4.54. The van der Waals surface area contributed by atoms with Gasteiger partial charge in [0, 0.05) is 31.5 Å². The lowest BCUT2D eigenvalue weighted by Gasteiger charge is -2.43. The number of amides is 1. The van der Waals surface area contributed by atoms with Crippen LogP contribution < -0.4 is 9.47 Å². The van der Waals surface area contributed by atoms with Gasteiger partial charge in [-0.3, -0.25) is 19.4 Å². The maximum Gasteiger partial charge on any atom is 0.254 e. The Morgan fingerprint density at radius 1 is 1.25 bits per heavy atom. The van der Waals surface area contributed by atoms with Gasteiger partial charge in [-0.25, -0.2) is 0 Å². The van der Waals surface area contributed by atoms with Gasteiger partial charge in [0.05, 0.1) is 42.4 Å². The average Bonchev–Trinajstić information content (AvgIpc) is 3.40. The largest absolute Gasteiger partial charge is 0.496 e. The van der Waals surface area contributed by atoms with E-state index in [-0.39, 0.29) is 23.7 Å². The third-order valence-corrected chi connectivity index (χ3v) is 6.39. The van der Waals surface area contributed by atoms with Crippen LogP contribution in [-0.2, 0) is 5.54 Å². The van der Waals surface area contributed by atoms with E-state index in [4.69, 9.17) is 9.47 Å². The number of ether oxygens (including phenoxy) is 2. The number of carbonyl (C=O) groups is 2. The number of nitrogens with zero attached hydrogens (tertiary/aromatic N) is 4. The Hall–Kier alpha value is -3.36. The van der Waals surface area contributed by atoms with Crippen molar-refractivity contribution in [1.29, 1.82) is 0 Å². The molecule has 3 aromatic rings. The first-order valence-electron chi connectivity index (χ1n) is 10.8. The van der Waals surface area contributed by atoms with Crippen molar-refractivity contribution in [2.75, 3.05) is 20.2 Å². The molecule has 0 aliphatic carbocycles. The number of fused-ring (bicyclic) bond motifs is 2. The molecule has 2 aliphatic rings. The van der Waals surface area contributed by atoms with E-state index in [0.717, 1.165) is 10.9 Å². The Balaban J connectivity index is 1.33. The molecular formula is C23H27N5O4. The second-order valence-electron chi connectivity index (χ2n) is 9.64. The molecule has 0 bridgehead atoms. The number of methoxy groups -OCH3 is 1. The fourth-order valence-corrected chi connectivity index (χ4v) is 4.51. The molecular weight excluding hydrogens is 410 g/mol. The number of rotatable bonds is 2. The zero-order chi connectivity index (χ0) is 22.7. The van der Waals surface area contributed by atoms with Crippen molar-refractivity contribution in [3.8, 4) is 11.5 Å². The van der Waals surface area contributed by atoms with E-state index in [2.05, 4.69) is 15.3 Å². The minimum Gasteiger partial charge on any atom is -0.496 e. The van der Waals surface area contributed by atoms with Crippen LogP contribution in [-0.4, -0.2) is 62.4 Å². The zero-order valence-electron chi connectivity index (χ0n) is 18.8. The summed E-state index contributed by atoms with van der Waals surface area (Å²) in [6, 6.07) is 3.55. The van der Waals surface area contributed by atoms with Gasteiger partial charge in [-0.15, -0.1) is 0 Å². The molecule has 168 valence electrons. The Morgan fingerprint density at radius 2 is 2.00 bits per heavy atom. The number of carbonyl (C=O) groups excluding carboxylic acids is 2. The third kappa shape index (κ3) is 3.32. The predicted molar refractivity (Wildman–Crippen MR) is 117 cm³/mol. The molecule has 2 aromatic heterocycles. The van der Waals surface area contributed by atoms with E-state index < -0.39 is 5.60 Å². The van der Waals surface area contributed by atoms with Gasteiger partial charge in [0.15, 0.2) is 17.2 Å². The predicted octanol–water partition coefficient (Wildman–Crippen LogP) is 3.16. The normalized spacial score (nSPS) is 18.0. The minimum absolute atomic E-state index is 0.00320. The van der Waals surface area contributed by atoms with Crippen LogP contribution in [0.2, 0.25) is 0 Å². The summed E-state index contributed by atoms with van der Waals surface area (Å²) < 4.78 is 13.6. The lowest BCUT2D eigenvalue weighted by molar-refractivity contribution is -0.00586. The van der Waals surface area contributed by atoms with Crippen LogP contribution in [0.3, 0.4) is 0 Å². The van der Waals surface area contributed by atoms with Crippen molar-refractivity contribution < 1.29 is 19.1 Å². The lowest BCUT2D eigenvalue weighted by Crippen LogP contribution is -2.52. The first kappa shape index (κ1) is 20.5. The number of hydrogen-bond donors (Lipinski definition) is 1. The molecule has 1 spiro atoms. The van der Waals surface area contributed by atoms with Gasteiger partial charge >= 0.3 is 0 Å². The van der Waals surface area contributed by atoms with Crippen molar-refractivity contribution in [2.24, 2.45) is 0 Å². The molecule has 0 saturated carbocycles. The van der Waals surface area contributed by atoms with E-state index >= 15 is 0 Å². The van der Waals surface area contributed by atoms with Gasteiger partial charge in [-0.05, 0) is 32.9 Å². The molecule has 32 heavy (non-hydrogen) atoms. The second kappa shape index (κ2) is 7.08. The summed E-state index contributed by atoms with van der Waals surface area (Å²) in [7, 11) is 1.58. The highest BCUT2D eigenvalue weighted by atomic mass is 16.5. The fourth-order valence-electron chi connectivity index (χ4n) is 4.51. The van der Waals surface area contributed by atoms with E-state index in [1.54, 1.807) is 30.1 Å². The Labute approximate surface area is 185 Å². The summed E-state index contributed by atoms with van der Waals surface area (Å²) >= 11 is 0. The van der Waals surface area contributed by atoms with Crippen LogP contribution in [0.25, 0.3) is 10.9 Å². The molecule has 2 aliphatic heterocycles. The number of aromatic amines is 1. The van der Waals surface area contributed by atoms with Crippen LogP contribution in [0.5, 0.6) is 11.5 Å². The number of likely N-dealkylation sites (tertiary alicyclic amines) is 1. The summed E-state index contributed by atoms with van der Waals surface area (Å²) in [5, 5.41) is 12.2. The van der Waals surface area contributed by atoms with Crippen molar-refractivity contribution in [3.05, 3.63) is 35.8 Å². The molecule has 1 aromatic carbocycles. The lowest BCUT2D eigenvalue weighted by atomic mass is 9.83. The topological polar surface area (TPSA) is 102 Å². The number of hydrogen-bond acceptors (Lipinski definition) is 6. The van der Waals surface area contributed by atoms with E-state index in [9.17, 15) is 9.59 Å². The van der Waals surface area contributed by atoms with Crippen LogP contribution >= 0.6 is 0 Å². The molecule has 1 saturated heterocycles. The average molecular weight is 438 g/mol. The summed E-state index contributed by atoms with van der Waals surface area (Å²) in [5.74, 6) is 1.09. The molecule has 0 radical (unpaired) electrons. The first-order valence-corrected chi connectivity index (χ1v) is 10.8. The maximum absolute atomic E-state index is 13.2. The Bertz CT molecular complexity index is 1210. The minimum atomic E-state index is -0.586. The van der Waals surface area contributed by atoms with E-state index in [1.165, 1.54) is 0 Å². The van der Waals surface area contributed by atoms with E-state index in [0.29, 0.717) is 48.7 Å². The monoisotopic (exact) mass is 437 g/mol. The van der Waals surface area contributed by atoms with Crippen LogP contribution in [0, 0.1) is 0 Å². The number of piperidine rings is 1. The van der Waals surface area contributed by atoms with E-state index in [1.807, 2.05) is 31.9 Å². The van der Waals surface area contributed by atoms with Gasteiger partial charge < -0.3 is 14.4 Å². The first-order chi connectivity index (χ1) is 15.2. The summed E-state index contributed by atoms with van der Waals surface area (Å²) in [4.78, 5) is 27.9. The molecule has 4 heterocycles. The number of aromatic nitrogens is 4. The van der Waals surface area contributed by atoms with Gasteiger partial charge in [0.1, 0.15) is 11.4 Å².